The first-order chi connectivity index (χ1) is 16.6. The first-order valence-corrected chi connectivity index (χ1v) is 12.9. The number of hydrogen-bond donors (Lipinski definition) is 0. The smallest absolute Gasteiger partial charge is 0.273 e. The van der Waals surface area contributed by atoms with Gasteiger partial charge in [-0.3, -0.25) is 14.3 Å². The first-order valence-electron chi connectivity index (χ1n) is 11.0. The van der Waals surface area contributed by atoms with Crippen LogP contribution in [0.3, 0.4) is 0 Å². The summed E-state index contributed by atoms with van der Waals surface area (Å²) in [6, 6.07) is 13.9. The molecule has 8 nitrogen and oxygen atoms in total. The molecular formula is C24H24N6O2S2. The van der Waals surface area contributed by atoms with Crippen LogP contribution in [-0.4, -0.2) is 60.8 Å². The predicted octanol–water partition coefficient (Wildman–Crippen LogP) is 4.33. The van der Waals surface area contributed by atoms with Crippen LogP contribution in [0.1, 0.15) is 29.3 Å². The summed E-state index contributed by atoms with van der Waals surface area (Å²) in [6.45, 7) is 5.15. The second-order valence-electron chi connectivity index (χ2n) is 8.10. The number of thioether (sulfide) groups is 1. The van der Waals surface area contributed by atoms with E-state index in [-0.39, 0.29) is 18.1 Å². The molecule has 34 heavy (non-hydrogen) atoms. The van der Waals surface area contributed by atoms with Crippen molar-refractivity contribution in [3.63, 3.8) is 0 Å². The molecule has 1 aliphatic rings. The molecule has 2 unspecified atom stereocenters. The van der Waals surface area contributed by atoms with Gasteiger partial charge in [0.25, 0.3) is 5.91 Å². The van der Waals surface area contributed by atoms with Crippen molar-refractivity contribution >= 4 is 29.0 Å². The number of carbonyl (C=O) groups excluding carboxylic acids is 1. The summed E-state index contributed by atoms with van der Waals surface area (Å²) in [4.78, 5) is 23.5. The number of aromatic nitrogens is 5. The Hall–Kier alpha value is -3.08. The molecule has 0 spiro atoms. The second kappa shape index (κ2) is 10.0. The fourth-order valence-corrected chi connectivity index (χ4v) is 5.71. The maximum absolute atomic E-state index is 13.0. The standard InChI is InChI=1S/C24H24N6O2S2/c1-16-12-29(13-17(2)32-16)23(31)20-14-33-21(26-20)15-34-24-28-27-22(18-8-10-25-11-9-18)30(24)19-6-4-3-5-7-19/h3-11,14,16-17H,12-13,15H2,1-2H3. The van der Waals surface area contributed by atoms with Crippen molar-refractivity contribution < 1.29 is 9.53 Å². The molecule has 174 valence electrons. The Labute approximate surface area is 206 Å². The Morgan fingerprint density at radius 1 is 1.09 bits per heavy atom. The minimum atomic E-state index is -0.0399. The summed E-state index contributed by atoms with van der Waals surface area (Å²) in [6.07, 6.45) is 3.55. The van der Waals surface area contributed by atoms with Gasteiger partial charge in [0.05, 0.1) is 18.0 Å². The molecule has 1 aromatic carbocycles. The molecular weight excluding hydrogens is 468 g/mol. The van der Waals surface area contributed by atoms with E-state index in [4.69, 9.17) is 4.74 Å². The van der Waals surface area contributed by atoms with Crippen molar-refractivity contribution in [2.75, 3.05) is 13.1 Å². The third-order valence-electron chi connectivity index (χ3n) is 5.39. The normalized spacial score (nSPS) is 18.2. The van der Waals surface area contributed by atoms with Crippen LogP contribution in [0.2, 0.25) is 0 Å². The molecule has 0 aliphatic carbocycles. The van der Waals surface area contributed by atoms with Crippen molar-refractivity contribution in [1.29, 1.82) is 0 Å². The van der Waals surface area contributed by atoms with Crippen molar-refractivity contribution in [2.24, 2.45) is 0 Å². The van der Waals surface area contributed by atoms with Gasteiger partial charge in [0.1, 0.15) is 10.7 Å². The Morgan fingerprint density at radius 2 is 1.82 bits per heavy atom. The molecule has 2 atom stereocenters. The van der Waals surface area contributed by atoms with E-state index in [0.717, 1.165) is 27.2 Å². The quantitative estimate of drug-likeness (QED) is 0.370. The molecule has 1 amide bonds. The third kappa shape index (κ3) is 4.89. The van der Waals surface area contributed by atoms with Crippen LogP contribution in [0.4, 0.5) is 0 Å². The molecule has 1 aliphatic heterocycles. The van der Waals surface area contributed by atoms with E-state index in [1.165, 1.54) is 11.3 Å². The number of nitrogens with zero attached hydrogens (tertiary/aromatic N) is 6. The summed E-state index contributed by atoms with van der Waals surface area (Å²) >= 11 is 3.04. The number of carbonyl (C=O) groups is 1. The van der Waals surface area contributed by atoms with Gasteiger partial charge in [0.2, 0.25) is 0 Å². The molecule has 4 heterocycles. The molecule has 4 aromatic rings. The molecule has 0 saturated carbocycles. The van der Waals surface area contributed by atoms with E-state index < -0.39 is 0 Å². The Bertz CT molecular complexity index is 1250. The van der Waals surface area contributed by atoms with Crippen molar-refractivity contribution in [3.05, 3.63) is 70.9 Å². The highest BCUT2D eigenvalue weighted by molar-refractivity contribution is 7.98. The highest BCUT2D eigenvalue weighted by Gasteiger charge is 2.28. The van der Waals surface area contributed by atoms with Gasteiger partial charge in [0.15, 0.2) is 11.0 Å². The average Bonchev–Trinajstić information content (AvgIpc) is 3.50. The monoisotopic (exact) mass is 492 g/mol. The Morgan fingerprint density at radius 3 is 2.56 bits per heavy atom. The van der Waals surface area contributed by atoms with Crippen LogP contribution in [0.25, 0.3) is 17.1 Å². The number of para-hydroxylation sites is 1. The van der Waals surface area contributed by atoms with Crippen molar-refractivity contribution in [1.82, 2.24) is 29.6 Å². The molecule has 0 radical (unpaired) electrons. The van der Waals surface area contributed by atoms with Crippen LogP contribution in [0, 0.1) is 0 Å². The van der Waals surface area contributed by atoms with Crippen molar-refractivity contribution in [2.45, 2.75) is 37.0 Å². The fourth-order valence-electron chi connectivity index (χ4n) is 3.97. The van der Waals surface area contributed by atoms with E-state index >= 15 is 0 Å². The van der Waals surface area contributed by atoms with Gasteiger partial charge in [-0.2, -0.15) is 0 Å². The topological polar surface area (TPSA) is 86.0 Å². The Kier molecular flexibility index (Phi) is 6.70. The lowest BCUT2D eigenvalue weighted by Crippen LogP contribution is -2.48. The average molecular weight is 493 g/mol. The fraction of sp³-hybridized carbons (Fsp3) is 0.292. The number of rotatable bonds is 6. The first kappa shape index (κ1) is 22.7. The number of benzene rings is 1. The molecule has 1 saturated heterocycles. The van der Waals surface area contributed by atoms with Gasteiger partial charge < -0.3 is 9.64 Å². The summed E-state index contributed by atoms with van der Waals surface area (Å²) in [5.74, 6) is 1.30. The lowest BCUT2D eigenvalue weighted by Gasteiger charge is -2.34. The van der Waals surface area contributed by atoms with E-state index in [2.05, 4.69) is 20.2 Å². The zero-order valence-electron chi connectivity index (χ0n) is 18.9. The van der Waals surface area contributed by atoms with E-state index in [1.54, 1.807) is 24.2 Å². The van der Waals surface area contributed by atoms with Gasteiger partial charge in [-0.25, -0.2) is 4.98 Å². The summed E-state index contributed by atoms with van der Waals surface area (Å²) < 4.78 is 7.78. The van der Waals surface area contributed by atoms with Crippen molar-refractivity contribution in [3.8, 4) is 17.1 Å². The number of thiazole rings is 1. The van der Waals surface area contributed by atoms with Crippen LogP contribution in [0.5, 0.6) is 0 Å². The highest BCUT2D eigenvalue weighted by atomic mass is 32.2. The van der Waals surface area contributed by atoms with Gasteiger partial charge in [0, 0.05) is 42.1 Å². The number of ether oxygens (including phenoxy) is 1. The largest absolute Gasteiger partial charge is 0.372 e. The van der Waals surface area contributed by atoms with Gasteiger partial charge in [-0.05, 0) is 38.1 Å². The molecule has 0 bridgehead atoms. The lowest BCUT2D eigenvalue weighted by molar-refractivity contribution is -0.0587. The number of pyridine rings is 1. The second-order valence-corrected chi connectivity index (χ2v) is 9.98. The van der Waals surface area contributed by atoms with Crippen LogP contribution < -0.4 is 0 Å². The summed E-state index contributed by atoms with van der Waals surface area (Å²) in [5.41, 5.74) is 2.41. The highest BCUT2D eigenvalue weighted by Crippen LogP contribution is 2.30. The molecule has 1 fully saturated rings. The zero-order valence-corrected chi connectivity index (χ0v) is 20.5. The van der Waals surface area contributed by atoms with E-state index in [0.29, 0.717) is 24.5 Å². The van der Waals surface area contributed by atoms with Crippen LogP contribution in [0.15, 0.2) is 65.4 Å². The number of amides is 1. The summed E-state index contributed by atoms with van der Waals surface area (Å²) in [7, 11) is 0. The molecule has 10 heteroatoms. The maximum atomic E-state index is 13.0. The summed E-state index contributed by atoms with van der Waals surface area (Å²) in [5, 5.41) is 12.4. The van der Waals surface area contributed by atoms with Gasteiger partial charge >= 0.3 is 0 Å². The minimum Gasteiger partial charge on any atom is -0.372 e. The van der Waals surface area contributed by atoms with Crippen LogP contribution >= 0.6 is 23.1 Å². The molecule has 3 aromatic heterocycles. The molecule has 5 rings (SSSR count). The lowest BCUT2D eigenvalue weighted by atomic mass is 10.2. The van der Waals surface area contributed by atoms with Gasteiger partial charge in [-0.15, -0.1) is 21.5 Å². The SMILES string of the molecule is CC1CN(C(=O)c2csc(CSc3nnc(-c4ccncc4)n3-c3ccccc3)n2)CC(C)O1. The molecule has 0 N–H and O–H groups in total. The minimum absolute atomic E-state index is 0.0281. The predicted molar refractivity (Wildman–Crippen MR) is 132 cm³/mol. The van der Waals surface area contributed by atoms with E-state index in [1.807, 2.05) is 71.2 Å². The third-order valence-corrected chi connectivity index (χ3v) is 7.36. The Balaban J connectivity index is 1.35. The van der Waals surface area contributed by atoms with Gasteiger partial charge in [-0.1, -0.05) is 30.0 Å². The maximum Gasteiger partial charge on any atom is 0.273 e. The number of morpholine rings is 1. The number of hydrogen-bond acceptors (Lipinski definition) is 8. The zero-order chi connectivity index (χ0) is 23.5. The van der Waals surface area contributed by atoms with E-state index in [9.17, 15) is 4.79 Å². The van der Waals surface area contributed by atoms with Crippen LogP contribution in [-0.2, 0) is 10.5 Å².